The van der Waals surface area contributed by atoms with E-state index in [9.17, 15) is 19.4 Å². The minimum atomic E-state index is -4.53. The minimum Gasteiger partial charge on any atom is -0.457 e. The van der Waals surface area contributed by atoms with Gasteiger partial charge in [0.2, 0.25) is 0 Å². The molecule has 0 aromatic carbocycles. The molecule has 0 fully saturated rings. The van der Waals surface area contributed by atoms with E-state index in [1.807, 2.05) is 0 Å². The first-order valence-corrected chi connectivity index (χ1v) is 25.8. The first-order chi connectivity index (χ1) is 29.3. The monoisotopic (exact) mass is 867 g/mol. The number of phosphoric ester groups is 1. The number of unbranched alkanes of at least 4 members (excludes halogenated alkanes) is 22. The maximum Gasteiger partial charge on any atom is 0.472 e. The predicted molar refractivity (Wildman–Crippen MR) is 251 cm³/mol. The topological polar surface area (TPSA) is 132 Å². The van der Waals surface area contributed by atoms with Gasteiger partial charge in [-0.15, -0.1) is 0 Å². The Labute approximate surface area is 368 Å². The molecule has 0 aliphatic heterocycles. The highest BCUT2D eigenvalue weighted by Gasteiger charge is 2.26. The highest BCUT2D eigenvalue weighted by atomic mass is 31.2. The van der Waals surface area contributed by atoms with Crippen molar-refractivity contribution in [2.75, 3.05) is 33.0 Å². The van der Waals surface area contributed by atoms with Gasteiger partial charge in [-0.05, 0) is 77.0 Å². The zero-order valence-electron chi connectivity index (χ0n) is 38.4. The lowest BCUT2D eigenvalue weighted by Gasteiger charge is -2.20. The average molecular weight is 867 g/mol. The summed E-state index contributed by atoms with van der Waals surface area (Å²) in [6.07, 6.45) is 54.9. The van der Waals surface area contributed by atoms with Gasteiger partial charge in [0.1, 0.15) is 12.2 Å². The molecular weight excluding hydrogens is 776 g/mol. The van der Waals surface area contributed by atoms with Gasteiger partial charge >= 0.3 is 13.8 Å². The lowest BCUT2D eigenvalue weighted by molar-refractivity contribution is -0.154. The molecule has 0 aliphatic carbocycles. The number of aliphatic hydroxyl groups is 2. The highest BCUT2D eigenvalue weighted by Crippen LogP contribution is 2.43. The third kappa shape index (κ3) is 45.7. The fourth-order valence-corrected chi connectivity index (χ4v) is 7.31. The van der Waals surface area contributed by atoms with Crippen molar-refractivity contribution in [3.05, 3.63) is 60.8 Å². The van der Waals surface area contributed by atoms with Crippen molar-refractivity contribution in [1.82, 2.24) is 0 Å². The number of esters is 1. The van der Waals surface area contributed by atoms with E-state index in [-0.39, 0.29) is 13.0 Å². The Bertz CT molecular complexity index is 1120. The molecule has 350 valence electrons. The summed E-state index contributed by atoms with van der Waals surface area (Å²) in [5.74, 6) is -0.422. The van der Waals surface area contributed by atoms with Gasteiger partial charge in [-0.25, -0.2) is 4.57 Å². The van der Waals surface area contributed by atoms with Crippen LogP contribution in [0.25, 0.3) is 0 Å². The first kappa shape index (κ1) is 58.2. The second kappa shape index (κ2) is 46.7. The zero-order valence-corrected chi connectivity index (χ0v) is 39.3. The van der Waals surface area contributed by atoms with E-state index in [1.54, 1.807) is 0 Å². The summed E-state index contributed by atoms with van der Waals surface area (Å²) in [7, 11) is -4.53. The fourth-order valence-electron chi connectivity index (χ4n) is 6.52. The third-order valence-corrected chi connectivity index (χ3v) is 11.1. The molecule has 0 saturated carbocycles. The summed E-state index contributed by atoms with van der Waals surface area (Å²) in [5.41, 5.74) is 0. The third-order valence-electron chi connectivity index (χ3n) is 10.2. The molecule has 3 N–H and O–H groups in total. The quantitative estimate of drug-likeness (QED) is 0.0237. The molecule has 0 spiro atoms. The molecule has 0 radical (unpaired) electrons. The standard InChI is InChI=1S/C50H91O9P/c1-3-5-7-9-11-13-15-17-19-20-21-22-23-24-25-26-27-29-31-33-35-37-39-41-43-56-46-49(47-58-60(54,55)57-45-48(52)44-51)59-50(53)42-40-38-36-34-32-30-28-18-16-14-12-10-8-6-4-2/h6,8,12,14,18,20-21,28,32,34,48-49,51-52H,3-5,7,9-11,13,15-17,19,22-27,29-31,33,35-47H2,1-2H3,(H,54,55)/b8-6-,14-12-,21-20-,28-18-,34-32-. The number of carbonyl (C=O) groups is 1. The number of aliphatic hydroxyl groups excluding tert-OH is 2. The maximum atomic E-state index is 12.6. The Balaban J connectivity index is 4.09. The Morgan fingerprint density at radius 3 is 1.45 bits per heavy atom. The highest BCUT2D eigenvalue weighted by molar-refractivity contribution is 7.47. The van der Waals surface area contributed by atoms with E-state index in [2.05, 4.69) is 74.6 Å². The lowest BCUT2D eigenvalue weighted by atomic mass is 10.0. The van der Waals surface area contributed by atoms with Crippen LogP contribution < -0.4 is 0 Å². The molecule has 0 saturated heterocycles. The van der Waals surface area contributed by atoms with Crippen LogP contribution in [0.2, 0.25) is 0 Å². The van der Waals surface area contributed by atoms with Gasteiger partial charge in [-0.1, -0.05) is 184 Å². The van der Waals surface area contributed by atoms with Crippen molar-refractivity contribution in [3.8, 4) is 0 Å². The van der Waals surface area contributed by atoms with Gasteiger partial charge in [-0.2, -0.15) is 0 Å². The SMILES string of the molecule is CC/C=C\C/C=C\C/C=C\C/C=C\CCCCC(=O)OC(COCCCCCCCCCCCCCC/C=C\CCCCCCCCCC)COP(=O)(O)OCC(O)CO. The summed E-state index contributed by atoms with van der Waals surface area (Å²) < 4.78 is 33.4. The van der Waals surface area contributed by atoms with Gasteiger partial charge < -0.3 is 24.6 Å². The van der Waals surface area contributed by atoms with Crippen molar-refractivity contribution in [3.63, 3.8) is 0 Å². The number of ether oxygens (including phenoxy) is 2. The second-order valence-electron chi connectivity index (χ2n) is 16.1. The number of hydrogen-bond acceptors (Lipinski definition) is 8. The minimum absolute atomic E-state index is 0.0308. The van der Waals surface area contributed by atoms with E-state index < -0.39 is 45.8 Å². The Morgan fingerprint density at radius 1 is 0.533 bits per heavy atom. The van der Waals surface area contributed by atoms with Crippen LogP contribution >= 0.6 is 7.82 Å². The van der Waals surface area contributed by atoms with Crippen LogP contribution in [-0.2, 0) is 27.9 Å². The molecule has 0 rings (SSSR count). The molecule has 9 nitrogen and oxygen atoms in total. The molecule has 3 atom stereocenters. The van der Waals surface area contributed by atoms with Crippen LogP contribution in [0.15, 0.2) is 60.8 Å². The molecule has 0 aromatic heterocycles. The van der Waals surface area contributed by atoms with Gasteiger partial charge in [-0.3, -0.25) is 13.8 Å². The molecular formula is C50H91O9P. The van der Waals surface area contributed by atoms with Crippen molar-refractivity contribution in [1.29, 1.82) is 0 Å². The summed E-state index contributed by atoms with van der Waals surface area (Å²) in [6.45, 7) is 3.36. The lowest BCUT2D eigenvalue weighted by Crippen LogP contribution is -2.29. The van der Waals surface area contributed by atoms with Gasteiger partial charge in [0.05, 0.1) is 26.4 Å². The second-order valence-corrected chi connectivity index (χ2v) is 17.5. The van der Waals surface area contributed by atoms with Crippen LogP contribution in [-0.4, -0.2) is 66.3 Å². The van der Waals surface area contributed by atoms with Gasteiger partial charge in [0, 0.05) is 13.0 Å². The fraction of sp³-hybridized carbons (Fsp3) is 0.780. The first-order valence-electron chi connectivity index (χ1n) is 24.3. The van der Waals surface area contributed by atoms with Crippen LogP contribution in [0.4, 0.5) is 0 Å². The van der Waals surface area contributed by atoms with E-state index >= 15 is 0 Å². The largest absolute Gasteiger partial charge is 0.472 e. The maximum absolute atomic E-state index is 12.6. The van der Waals surface area contributed by atoms with Crippen LogP contribution in [0.5, 0.6) is 0 Å². The van der Waals surface area contributed by atoms with E-state index in [4.69, 9.17) is 23.6 Å². The summed E-state index contributed by atoms with van der Waals surface area (Å²) >= 11 is 0. The molecule has 60 heavy (non-hydrogen) atoms. The number of allylic oxidation sites excluding steroid dienone is 10. The number of carbonyl (C=O) groups excluding carboxylic acids is 1. The summed E-state index contributed by atoms with van der Waals surface area (Å²) in [4.78, 5) is 22.6. The van der Waals surface area contributed by atoms with E-state index in [0.29, 0.717) is 13.0 Å². The van der Waals surface area contributed by atoms with E-state index in [0.717, 1.165) is 57.8 Å². The molecule has 0 amide bonds. The smallest absolute Gasteiger partial charge is 0.457 e. The van der Waals surface area contributed by atoms with Crippen LogP contribution in [0.1, 0.15) is 206 Å². The molecule has 3 unspecified atom stereocenters. The van der Waals surface area contributed by atoms with Crippen LogP contribution in [0, 0.1) is 0 Å². The van der Waals surface area contributed by atoms with Crippen molar-refractivity contribution in [2.45, 2.75) is 219 Å². The Morgan fingerprint density at radius 2 is 0.950 bits per heavy atom. The summed E-state index contributed by atoms with van der Waals surface area (Å²) in [5, 5.41) is 18.4. The molecule has 0 aromatic rings. The van der Waals surface area contributed by atoms with Crippen molar-refractivity contribution >= 4 is 13.8 Å². The normalized spacial score (nSPS) is 14.4. The Hall–Kier alpha value is -1.84. The van der Waals surface area contributed by atoms with Gasteiger partial charge in [0.15, 0.2) is 0 Å². The molecule has 0 aliphatic rings. The van der Waals surface area contributed by atoms with Crippen molar-refractivity contribution < 1.29 is 43.0 Å². The zero-order chi connectivity index (χ0) is 43.9. The van der Waals surface area contributed by atoms with Crippen LogP contribution in [0.3, 0.4) is 0 Å². The molecule has 10 heteroatoms. The van der Waals surface area contributed by atoms with Crippen molar-refractivity contribution in [2.24, 2.45) is 0 Å². The summed E-state index contributed by atoms with van der Waals surface area (Å²) in [6, 6.07) is 0. The predicted octanol–water partition coefficient (Wildman–Crippen LogP) is 13.9. The number of hydrogen-bond donors (Lipinski definition) is 3. The average Bonchev–Trinajstić information content (AvgIpc) is 3.24. The number of phosphoric acid groups is 1. The number of rotatable bonds is 46. The molecule has 0 bridgehead atoms. The Kier molecular flexibility index (Phi) is 45.2. The molecule has 0 heterocycles. The van der Waals surface area contributed by atoms with E-state index in [1.165, 1.54) is 122 Å². The van der Waals surface area contributed by atoms with Gasteiger partial charge in [0.25, 0.3) is 0 Å².